The molecule has 0 atom stereocenters. The molecular weight excluding hydrogens is 332 g/mol. The lowest BCUT2D eigenvalue weighted by Gasteiger charge is -2.19. The van der Waals surface area contributed by atoms with Crippen molar-refractivity contribution >= 4 is 5.96 Å². The van der Waals surface area contributed by atoms with Crippen molar-refractivity contribution in [2.24, 2.45) is 12.0 Å². The van der Waals surface area contributed by atoms with Crippen molar-refractivity contribution in [3.63, 3.8) is 0 Å². The normalized spacial score (nSPS) is 11.6. The summed E-state index contributed by atoms with van der Waals surface area (Å²) in [4.78, 5) is 4.34. The van der Waals surface area contributed by atoms with E-state index in [1.807, 2.05) is 14.1 Å². The zero-order valence-corrected chi connectivity index (χ0v) is 16.1. The number of aromatic nitrogens is 1. The third-order valence-electron chi connectivity index (χ3n) is 4.71. The molecule has 4 nitrogen and oxygen atoms in total. The Bertz CT molecular complexity index is 798. The van der Waals surface area contributed by atoms with Crippen LogP contribution in [-0.4, -0.2) is 24.1 Å². The Kier molecular flexibility index (Phi) is 6.69. The minimum atomic E-state index is 0.368. The van der Waals surface area contributed by atoms with Crippen molar-refractivity contribution in [3.8, 4) is 0 Å². The Morgan fingerprint density at radius 1 is 0.926 bits per heavy atom. The van der Waals surface area contributed by atoms with Crippen molar-refractivity contribution < 1.29 is 0 Å². The van der Waals surface area contributed by atoms with E-state index in [4.69, 9.17) is 0 Å². The molecule has 0 saturated carbocycles. The Labute approximate surface area is 162 Å². The van der Waals surface area contributed by atoms with Crippen LogP contribution in [0.15, 0.2) is 84.1 Å². The van der Waals surface area contributed by atoms with Crippen LogP contribution in [0.25, 0.3) is 0 Å². The van der Waals surface area contributed by atoms with Gasteiger partial charge < -0.3 is 15.2 Å². The van der Waals surface area contributed by atoms with Crippen molar-refractivity contribution in [1.82, 2.24) is 15.2 Å². The van der Waals surface area contributed by atoms with Gasteiger partial charge in [0.1, 0.15) is 0 Å². The molecule has 0 amide bonds. The van der Waals surface area contributed by atoms with Gasteiger partial charge in [-0.15, -0.1) is 0 Å². The Balaban J connectivity index is 1.58. The number of hydrogen-bond donors (Lipinski definition) is 2. The van der Waals surface area contributed by atoms with Crippen LogP contribution in [-0.2, 0) is 13.6 Å². The monoisotopic (exact) mass is 360 g/mol. The molecule has 0 spiro atoms. The van der Waals surface area contributed by atoms with Gasteiger partial charge >= 0.3 is 0 Å². The van der Waals surface area contributed by atoms with E-state index in [1.165, 1.54) is 16.7 Å². The van der Waals surface area contributed by atoms with Gasteiger partial charge in [-0.2, -0.15) is 0 Å². The highest BCUT2D eigenvalue weighted by Gasteiger charge is 2.13. The second-order valence-corrected chi connectivity index (χ2v) is 6.70. The topological polar surface area (TPSA) is 41.4 Å². The minimum Gasteiger partial charge on any atom is -0.357 e. The maximum absolute atomic E-state index is 4.34. The molecule has 0 unspecified atom stereocenters. The number of guanidine groups is 1. The van der Waals surface area contributed by atoms with Crippen LogP contribution in [0.5, 0.6) is 0 Å². The lowest BCUT2D eigenvalue weighted by molar-refractivity contribution is 0.678. The molecule has 27 heavy (non-hydrogen) atoms. The first kappa shape index (κ1) is 18.8. The molecule has 0 fully saturated rings. The van der Waals surface area contributed by atoms with Crippen LogP contribution in [0.1, 0.15) is 29.0 Å². The van der Waals surface area contributed by atoms with Gasteiger partial charge in [0.25, 0.3) is 0 Å². The van der Waals surface area contributed by atoms with Crippen LogP contribution in [0.4, 0.5) is 0 Å². The number of rotatable bonds is 7. The molecule has 2 aromatic carbocycles. The SMILES string of the molecule is CN=C(NCCC(c1ccccc1)c1ccccc1)NCc1ccn(C)c1. The predicted molar refractivity (Wildman–Crippen MR) is 113 cm³/mol. The summed E-state index contributed by atoms with van der Waals surface area (Å²) >= 11 is 0. The first-order valence-electron chi connectivity index (χ1n) is 9.41. The number of aryl methyl sites for hydroxylation is 1. The molecular formula is C23H28N4. The van der Waals surface area contributed by atoms with Crippen LogP contribution >= 0.6 is 0 Å². The summed E-state index contributed by atoms with van der Waals surface area (Å²) in [5.74, 6) is 1.20. The molecule has 3 aromatic rings. The van der Waals surface area contributed by atoms with Crippen LogP contribution in [0.2, 0.25) is 0 Å². The van der Waals surface area contributed by atoms with Gasteiger partial charge in [0, 0.05) is 45.5 Å². The number of nitrogens with zero attached hydrogens (tertiary/aromatic N) is 2. The minimum absolute atomic E-state index is 0.368. The Morgan fingerprint density at radius 3 is 2.07 bits per heavy atom. The van der Waals surface area contributed by atoms with E-state index in [1.54, 1.807) is 0 Å². The van der Waals surface area contributed by atoms with Gasteiger partial charge in [-0.1, -0.05) is 60.7 Å². The zero-order valence-electron chi connectivity index (χ0n) is 16.1. The van der Waals surface area contributed by atoms with Gasteiger partial charge in [-0.3, -0.25) is 4.99 Å². The van der Waals surface area contributed by atoms with Crippen molar-refractivity contribution in [1.29, 1.82) is 0 Å². The molecule has 3 rings (SSSR count). The predicted octanol–water partition coefficient (Wildman–Crippen LogP) is 3.91. The maximum Gasteiger partial charge on any atom is 0.191 e. The van der Waals surface area contributed by atoms with E-state index in [0.717, 1.165) is 25.5 Å². The third-order valence-corrected chi connectivity index (χ3v) is 4.71. The summed E-state index contributed by atoms with van der Waals surface area (Å²) in [7, 11) is 3.84. The summed E-state index contributed by atoms with van der Waals surface area (Å²) in [6, 6.07) is 23.5. The third kappa shape index (κ3) is 5.48. The van der Waals surface area contributed by atoms with Crippen molar-refractivity contribution in [3.05, 3.63) is 95.8 Å². The van der Waals surface area contributed by atoms with Crippen LogP contribution in [0.3, 0.4) is 0 Å². The number of aliphatic imine (C=N–C) groups is 1. The first-order valence-corrected chi connectivity index (χ1v) is 9.41. The molecule has 0 aliphatic rings. The highest BCUT2D eigenvalue weighted by molar-refractivity contribution is 5.79. The van der Waals surface area contributed by atoms with E-state index < -0.39 is 0 Å². The largest absolute Gasteiger partial charge is 0.357 e. The summed E-state index contributed by atoms with van der Waals surface area (Å²) < 4.78 is 2.05. The smallest absolute Gasteiger partial charge is 0.191 e. The summed E-state index contributed by atoms with van der Waals surface area (Å²) in [6.45, 7) is 1.62. The second kappa shape index (κ2) is 9.62. The second-order valence-electron chi connectivity index (χ2n) is 6.70. The molecule has 140 valence electrons. The molecule has 0 bridgehead atoms. The Hall–Kier alpha value is -3.01. The van der Waals surface area contributed by atoms with Crippen molar-refractivity contribution in [2.45, 2.75) is 18.9 Å². The lowest BCUT2D eigenvalue weighted by Crippen LogP contribution is -2.37. The van der Waals surface area contributed by atoms with Crippen molar-refractivity contribution in [2.75, 3.05) is 13.6 Å². The molecule has 0 aliphatic carbocycles. The molecule has 1 heterocycles. The van der Waals surface area contributed by atoms with E-state index in [2.05, 4.69) is 99.3 Å². The average Bonchev–Trinajstić information content (AvgIpc) is 3.14. The van der Waals surface area contributed by atoms with Crippen LogP contribution in [0, 0.1) is 0 Å². The first-order chi connectivity index (χ1) is 13.3. The molecule has 4 heteroatoms. The molecule has 0 aliphatic heterocycles. The van der Waals surface area contributed by atoms with E-state index in [-0.39, 0.29) is 0 Å². The van der Waals surface area contributed by atoms with Gasteiger partial charge in [0.2, 0.25) is 0 Å². The molecule has 1 aromatic heterocycles. The summed E-state index contributed by atoms with van der Waals surface area (Å²) in [5, 5.41) is 6.83. The molecule has 2 N–H and O–H groups in total. The van der Waals surface area contributed by atoms with Crippen LogP contribution < -0.4 is 10.6 Å². The Morgan fingerprint density at radius 2 is 1.56 bits per heavy atom. The number of nitrogens with one attached hydrogen (secondary N) is 2. The fraction of sp³-hybridized carbons (Fsp3) is 0.261. The molecule has 0 radical (unpaired) electrons. The standard InChI is InChI=1S/C23H28N4/c1-24-23(26-17-19-14-16-27(2)18-19)25-15-13-22(20-9-5-3-6-10-20)21-11-7-4-8-12-21/h3-12,14,16,18,22H,13,15,17H2,1-2H3,(H2,24,25,26). The lowest BCUT2D eigenvalue weighted by atomic mass is 9.88. The highest BCUT2D eigenvalue weighted by Crippen LogP contribution is 2.27. The summed E-state index contributed by atoms with van der Waals surface area (Å²) in [5.41, 5.74) is 3.93. The van der Waals surface area contributed by atoms with E-state index >= 15 is 0 Å². The fourth-order valence-corrected chi connectivity index (χ4v) is 3.30. The average molecular weight is 361 g/mol. The number of hydrogen-bond acceptors (Lipinski definition) is 1. The van der Waals surface area contributed by atoms with E-state index in [9.17, 15) is 0 Å². The molecule has 0 saturated heterocycles. The fourth-order valence-electron chi connectivity index (χ4n) is 3.30. The van der Waals surface area contributed by atoms with Gasteiger partial charge in [0.05, 0.1) is 0 Å². The quantitative estimate of drug-likeness (QED) is 0.495. The van der Waals surface area contributed by atoms with E-state index in [0.29, 0.717) is 5.92 Å². The highest BCUT2D eigenvalue weighted by atomic mass is 15.2. The summed E-state index contributed by atoms with van der Waals surface area (Å²) in [6.07, 6.45) is 5.17. The maximum atomic E-state index is 4.34. The van der Waals surface area contributed by atoms with Gasteiger partial charge in [0.15, 0.2) is 5.96 Å². The van der Waals surface area contributed by atoms with Gasteiger partial charge in [-0.25, -0.2) is 0 Å². The number of benzene rings is 2. The van der Waals surface area contributed by atoms with Gasteiger partial charge in [-0.05, 0) is 29.2 Å². The zero-order chi connectivity index (χ0) is 18.9.